The van der Waals surface area contributed by atoms with E-state index in [1.54, 1.807) is 6.07 Å². The van der Waals surface area contributed by atoms with Gasteiger partial charge >= 0.3 is 17.6 Å². The Balaban J connectivity index is 1.95. The number of hydrogen-bond donors (Lipinski definition) is 0. The molecule has 0 bridgehead atoms. The minimum absolute atomic E-state index is 0.0126. The highest BCUT2D eigenvalue weighted by molar-refractivity contribution is 5.73. The van der Waals surface area contributed by atoms with Crippen LogP contribution in [0.2, 0.25) is 0 Å². The summed E-state index contributed by atoms with van der Waals surface area (Å²) < 4.78 is 10.4. The number of ether oxygens (including phenoxy) is 2. The second-order valence-corrected chi connectivity index (χ2v) is 8.16. The summed E-state index contributed by atoms with van der Waals surface area (Å²) in [6.07, 6.45) is 14.5. The minimum atomic E-state index is -0.562. The van der Waals surface area contributed by atoms with Crippen LogP contribution in [0.4, 0.5) is 5.69 Å². The van der Waals surface area contributed by atoms with E-state index in [4.69, 9.17) is 9.47 Å². The molecular formula is C25H39NO6. The van der Waals surface area contributed by atoms with E-state index in [0.717, 1.165) is 44.9 Å². The zero-order chi connectivity index (χ0) is 23.4. The van der Waals surface area contributed by atoms with Crippen molar-refractivity contribution in [2.24, 2.45) is 0 Å². The molecule has 0 saturated heterocycles. The van der Waals surface area contributed by atoms with Gasteiger partial charge in [0.2, 0.25) is 5.75 Å². The second kappa shape index (κ2) is 18.2. The Morgan fingerprint density at radius 2 is 1.31 bits per heavy atom. The van der Waals surface area contributed by atoms with Crippen molar-refractivity contribution in [2.75, 3.05) is 6.61 Å². The van der Waals surface area contributed by atoms with Gasteiger partial charge in [0.1, 0.15) is 0 Å². The Labute approximate surface area is 192 Å². The van der Waals surface area contributed by atoms with Crippen molar-refractivity contribution in [3.05, 3.63) is 34.4 Å². The average Bonchev–Trinajstić information content (AvgIpc) is 2.77. The lowest BCUT2D eigenvalue weighted by molar-refractivity contribution is -0.385. The Hall–Kier alpha value is -2.44. The topological polar surface area (TPSA) is 95.7 Å². The summed E-state index contributed by atoms with van der Waals surface area (Å²) in [4.78, 5) is 34.0. The molecule has 1 aromatic carbocycles. The summed E-state index contributed by atoms with van der Waals surface area (Å²) in [6, 6.07) is 5.87. The molecule has 0 radical (unpaired) electrons. The first kappa shape index (κ1) is 27.6. The van der Waals surface area contributed by atoms with E-state index in [2.05, 4.69) is 6.92 Å². The molecular weight excluding hydrogens is 410 g/mol. The molecule has 0 aliphatic rings. The number of nitro groups is 1. The zero-order valence-electron chi connectivity index (χ0n) is 19.5. The van der Waals surface area contributed by atoms with Crippen LogP contribution in [0, 0.1) is 10.1 Å². The Bertz CT molecular complexity index is 676. The highest BCUT2D eigenvalue weighted by atomic mass is 16.6. The van der Waals surface area contributed by atoms with Gasteiger partial charge in [0.15, 0.2) is 0 Å². The third kappa shape index (κ3) is 13.8. The number of nitrogens with zero attached hydrogens (tertiary/aromatic N) is 1. The first-order valence-corrected chi connectivity index (χ1v) is 12.1. The molecule has 0 N–H and O–H groups in total. The third-order valence-corrected chi connectivity index (χ3v) is 5.31. The van der Waals surface area contributed by atoms with E-state index in [0.29, 0.717) is 19.4 Å². The van der Waals surface area contributed by atoms with E-state index in [1.165, 1.54) is 50.3 Å². The van der Waals surface area contributed by atoms with Crippen LogP contribution in [0.1, 0.15) is 103 Å². The lowest BCUT2D eigenvalue weighted by atomic mass is 10.1. The number of hydrogen-bond acceptors (Lipinski definition) is 6. The van der Waals surface area contributed by atoms with Gasteiger partial charge in [0.25, 0.3) is 0 Å². The van der Waals surface area contributed by atoms with Gasteiger partial charge in [-0.1, -0.05) is 83.3 Å². The van der Waals surface area contributed by atoms with Gasteiger partial charge in [0.05, 0.1) is 11.5 Å². The lowest BCUT2D eigenvalue weighted by Gasteiger charge is -2.06. The van der Waals surface area contributed by atoms with Gasteiger partial charge in [-0.25, -0.2) is 0 Å². The molecule has 0 fully saturated rings. The van der Waals surface area contributed by atoms with E-state index in [1.807, 2.05) is 0 Å². The molecule has 1 rings (SSSR count). The van der Waals surface area contributed by atoms with Crippen molar-refractivity contribution in [3.63, 3.8) is 0 Å². The van der Waals surface area contributed by atoms with Crippen LogP contribution in [0.5, 0.6) is 5.75 Å². The highest BCUT2D eigenvalue weighted by Crippen LogP contribution is 2.26. The number of unbranched alkanes of at least 4 members (excludes halogenated alkanes) is 11. The van der Waals surface area contributed by atoms with Crippen LogP contribution in [0.3, 0.4) is 0 Å². The van der Waals surface area contributed by atoms with Gasteiger partial charge in [-0.05, 0) is 25.3 Å². The maximum atomic E-state index is 11.9. The first-order chi connectivity index (χ1) is 15.5. The molecule has 0 unspecified atom stereocenters. The minimum Gasteiger partial charge on any atom is -0.466 e. The van der Waals surface area contributed by atoms with Crippen LogP contribution < -0.4 is 4.74 Å². The van der Waals surface area contributed by atoms with Crippen LogP contribution >= 0.6 is 0 Å². The SMILES string of the molecule is CCCCCCCCCOC(=O)CCCCCCCCC(=O)Oc1ccccc1[N+](=O)[O-]. The summed E-state index contributed by atoms with van der Waals surface area (Å²) in [5, 5.41) is 10.9. The number of carbonyl (C=O) groups excluding carboxylic acids is 2. The lowest BCUT2D eigenvalue weighted by Crippen LogP contribution is -2.08. The Morgan fingerprint density at radius 1 is 0.781 bits per heavy atom. The van der Waals surface area contributed by atoms with Crippen LogP contribution in [0.25, 0.3) is 0 Å². The summed E-state index contributed by atoms with van der Waals surface area (Å²) in [6.45, 7) is 2.75. The summed E-state index contributed by atoms with van der Waals surface area (Å²) >= 11 is 0. The molecule has 180 valence electrons. The normalized spacial score (nSPS) is 10.7. The van der Waals surface area contributed by atoms with E-state index < -0.39 is 10.9 Å². The largest absolute Gasteiger partial charge is 0.466 e. The predicted octanol–water partition coefficient (Wildman–Crippen LogP) is 6.91. The van der Waals surface area contributed by atoms with Gasteiger partial charge in [-0.3, -0.25) is 19.7 Å². The molecule has 0 spiro atoms. The van der Waals surface area contributed by atoms with Crippen LogP contribution in [0.15, 0.2) is 24.3 Å². The summed E-state index contributed by atoms with van der Waals surface area (Å²) in [5.41, 5.74) is -0.207. The molecule has 7 nitrogen and oxygen atoms in total. The van der Waals surface area contributed by atoms with Crippen molar-refractivity contribution in [3.8, 4) is 5.75 Å². The number of nitro benzene ring substituents is 1. The van der Waals surface area contributed by atoms with Gasteiger partial charge in [0, 0.05) is 18.9 Å². The van der Waals surface area contributed by atoms with Crippen LogP contribution in [-0.2, 0) is 14.3 Å². The zero-order valence-corrected chi connectivity index (χ0v) is 19.5. The van der Waals surface area contributed by atoms with E-state index in [-0.39, 0.29) is 23.8 Å². The van der Waals surface area contributed by atoms with E-state index >= 15 is 0 Å². The average molecular weight is 450 g/mol. The van der Waals surface area contributed by atoms with Crippen molar-refractivity contribution < 1.29 is 24.0 Å². The Morgan fingerprint density at radius 3 is 1.94 bits per heavy atom. The fraction of sp³-hybridized carbons (Fsp3) is 0.680. The molecule has 7 heteroatoms. The maximum Gasteiger partial charge on any atom is 0.311 e. The van der Waals surface area contributed by atoms with E-state index in [9.17, 15) is 19.7 Å². The summed E-state index contributed by atoms with van der Waals surface area (Å²) in [5.74, 6) is -0.571. The first-order valence-electron chi connectivity index (χ1n) is 12.1. The number of rotatable bonds is 19. The molecule has 0 aliphatic carbocycles. The number of esters is 2. The monoisotopic (exact) mass is 449 g/mol. The maximum absolute atomic E-state index is 11.9. The smallest absolute Gasteiger partial charge is 0.311 e. The highest BCUT2D eigenvalue weighted by Gasteiger charge is 2.16. The molecule has 0 aliphatic heterocycles. The molecule has 0 atom stereocenters. The molecule has 0 heterocycles. The van der Waals surface area contributed by atoms with Crippen molar-refractivity contribution in [1.29, 1.82) is 0 Å². The van der Waals surface area contributed by atoms with Crippen LogP contribution in [-0.4, -0.2) is 23.5 Å². The number of carbonyl (C=O) groups is 2. The second-order valence-electron chi connectivity index (χ2n) is 8.16. The van der Waals surface area contributed by atoms with Gasteiger partial charge < -0.3 is 9.47 Å². The van der Waals surface area contributed by atoms with Crippen molar-refractivity contribution in [2.45, 2.75) is 103 Å². The third-order valence-electron chi connectivity index (χ3n) is 5.31. The number of benzene rings is 1. The molecule has 0 saturated carbocycles. The number of para-hydroxylation sites is 2. The standard InChI is InChI=1S/C25H39NO6/c1-2-3-4-5-8-11-16-21-31-24(27)19-12-9-6-7-10-13-20-25(28)32-23-18-15-14-17-22(23)26(29)30/h14-15,17-18H,2-13,16,19-21H2,1H3. The molecule has 1 aromatic rings. The fourth-order valence-electron chi connectivity index (χ4n) is 3.43. The molecule has 0 aromatic heterocycles. The summed E-state index contributed by atoms with van der Waals surface area (Å²) in [7, 11) is 0. The van der Waals surface area contributed by atoms with Crippen molar-refractivity contribution >= 4 is 17.6 Å². The molecule has 32 heavy (non-hydrogen) atoms. The van der Waals surface area contributed by atoms with Gasteiger partial charge in [-0.15, -0.1) is 0 Å². The predicted molar refractivity (Wildman–Crippen MR) is 125 cm³/mol. The molecule has 0 amide bonds. The fourth-order valence-corrected chi connectivity index (χ4v) is 3.43. The Kier molecular flexibility index (Phi) is 15.7. The van der Waals surface area contributed by atoms with Gasteiger partial charge in [-0.2, -0.15) is 0 Å². The van der Waals surface area contributed by atoms with Crippen molar-refractivity contribution in [1.82, 2.24) is 0 Å². The quantitative estimate of drug-likeness (QED) is 0.0748.